The third-order valence-electron chi connectivity index (χ3n) is 2.13. The SMILES string of the molecule is Cc1ccc(SC(C)CC(=O)NN)c(N)c1. The van der Waals surface area contributed by atoms with Crippen LogP contribution in [0.15, 0.2) is 23.1 Å². The van der Waals surface area contributed by atoms with E-state index in [2.05, 4.69) is 5.43 Å². The summed E-state index contributed by atoms with van der Waals surface area (Å²) >= 11 is 1.58. The predicted molar refractivity (Wildman–Crippen MR) is 67.9 cm³/mol. The molecule has 1 aromatic rings. The van der Waals surface area contributed by atoms with Crippen LogP contribution >= 0.6 is 11.8 Å². The average Bonchev–Trinajstić information content (AvgIpc) is 2.22. The minimum Gasteiger partial charge on any atom is -0.398 e. The van der Waals surface area contributed by atoms with Crippen LogP contribution in [0.4, 0.5) is 5.69 Å². The molecule has 0 saturated carbocycles. The molecule has 1 aromatic carbocycles. The molecule has 0 aliphatic rings. The summed E-state index contributed by atoms with van der Waals surface area (Å²) < 4.78 is 0. The molecule has 0 aromatic heterocycles. The van der Waals surface area contributed by atoms with E-state index in [9.17, 15) is 4.79 Å². The fourth-order valence-electron chi connectivity index (χ4n) is 1.35. The van der Waals surface area contributed by atoms with Gasteiger partial charge < -0.3 is 5.73 Å². The highest BCUT2D eigenvalue weighted by molar-refractivity contribution is 8.00. The van der Waals surface area contributed by atoms with Crippen LogP contribution in [0, 0.1) is 6.92 Å². The van der Waals surface area contributed by atoms with Gasteiger partial charge in [0, 0.05) is 22.3 Å². The van der Waals surface area contributed by atoms with Crippen LogP contribution in [-0.4, -0.2) is 11.2 Å². The number of carbonyl (C=O) groups excluding carboxylic acids is 1. The number of nitrogens with one attached hydrogen (secondary N) is 1. The first-order valence-corrected chi connectivity index (χ1v) is 5.93. The van der Waals surface area contributed by atoms with Crippen molar-refractivity contribution < 1.29 is 4.79 Å². The van der Waals surface area contributed by atoms with Crippen molar-refractivity contribution in [2.75, 3.05) is 5.73 Å². The topological polar surface area (TPSA) is 81.1 Å². The van der Waals surface area contributed by atoms with Gasteiger partial charge in [0.2, 0.25) is 5.91 Å². The van der Waals surface area contributed by atoms with E-state index in [1.54, 1.807) is 11.8 Å². The van der Waals surface area contributed by atoms with Crippen molar-refractivity contribution in [2.24, 2.45) is 5.84 Å². The normalized spacial score (nSPS) is 12.2. The largest absolute Gasteiger partial charge is 0.398 e. The van der Waals surface area contributed by atoms with Crippen LogP contribution in [0.25, 0.3) is 0 Å². The standard InChI is InChI=1S/C11H17N3OS/c1-7-3-4-10(9(12)5-7)16-8(2)6-11(15)14-13/h3-5,8H,6,12-13H2,1-2H3,(H,14,15). The van der Waals surface area contributed by atoms with Gasteiger partial charge in [0.05, 0.1) is 0 Å². The van der Waals surface area contributed by atoms with E-state index >= 15 is 0 Å². The summed E-state index contributed by atoms with van der Waals surface area (Å²) in [6, 6.07) is 5.92. The van der Waals surface area contributed by atoms with Gasteiger partial charge in [-0.25, -0.2) is 5.84 Å². The lowest BCUT2D eigenvalue weighted by molar-refractivity contribution is -0.121. The molecule has 4 nitrogen and oxygen atoms in total. The van der Waals surface area contributed by atoms with Crippen molar-refractivity contribution in [1.82, 2.24) is 5.43 Å². The van der Waals surface area contributed by atoms with Crippen molar-refractivity contribution in [3.05, 3.63) is 23.8 Å². The van der Waals surface area contributed by atoms with Crippen LogP contribution < -0.4 is 17.0 Å². The lowest BCUT2D eigenvalue weighted by atomic mass is 10.2. The summed E-state index contributed by atoms with van der Waals surface area (Å²) in [6.07, 6.45) is 0.383. The van der Waals surface area contributed by atoms with Gasteiger partial charge in [-0.05, 0) is 24.6 Å². The molecular formula is C11H17N3OS. The highest BCUT2D eigenvalue weighted by atomic mass is 32.2. The molecule has 1 amide bonds. The first-order valence-electron chi connectivity index (χ1n) is 5.05. The quantitative estimate of drug-likeness (QED) is 0.244. The molecule has 16 heavy (non-hydrogen) atoms. The first-order chi connectivity index (χ1) is 7.52. The Morgan fingerprint density at radius 3 is 2.81 bits per heavy atom. The molecule has 0 saturated heterocycles. The van der Waals surface area contributed by atoms with Crippen LogP contribution in [-0.2, 0) is 4.79 Å². The number of anilines is 1. The first kappa shape index (κ1) is 12.9. The molecule has 0 aliphatic carbocycles. The molecule has 0 aliphatic heterocycles. The van der Waals surface area contributed by atoms with Crippen LogP contribution in [0.3, 0.4) is 0 Å². The minimum absolute atomic E-state index is 0.147. The van der Waals surface area contributed by atoms with Crippen LogP contribution in [0.2, 0.25) is 0 Å². The second kappa shape index (κ2) is 5.77. The van der Waals surface area contributed by atoms with Crippen molar-refractivity contribution in [3.63, 3.8) is 0 Å². The van der Waals surface area contributed by atoms with Crippen molar-refractivity contribution in [1.29, 1.82) is 0 Å². The molecule has 1 unspecified atom stereocenters. The number of rotatable bonds is 4. The molecule has 0 fully saturated rings. The monoisotopic (exact) mass is 239 g/mol. The number of aryl methyl sites for hydroxylation is 1. The summed E-state index contributed by atoms with van der Waals surface area (Å²) in [6.45, 7) is 3.97. The number of hydrazine groups is 1. The summed E-state index contributed by atoms with van der Waals surface area (Å²) in [5.41, 5.74) is 9.90. The summed E-state index contributed by atoms with van der Waals surface area (Å²) in [5, 5.41) is 0.147. The number of amides is 1. The van der Waals surface area contributed by atoms with Gasteiger partial charge in [-0.1, -0.05) is 13.0 Å². The zero-order valence-corrected chi connectivity index (χ0v) is 10.3. The lowest BCUT2D eigenvalue weighted by Gasteiger charge is -2.12. The van der Waals surface area contributed by atoms with Gasteiger partial charge in [0.25, 0.3) is 0 Å². The van der Waals surface area contributed by atoms with Crippen LogP contribution in [0.1, 0.15) is 18.9 Å². The molecule has 0 radical (unpaired) electrons. The second-order valence-corrected chi connectivity index (χ2v) is 5.22. The zero-order chi connectivity index (χ0) is 12.1. The molecular weight excluding hydrogens is 222 g/mol. The van der Waals surface area contributed by atoms with Gasteiger partial charge in [-0.2, -0.15) is 0 Å². The molecule has 0 heterocycles. The lowest BCUT2D eigenvalue weighted by Crippen LogP contribution is -2.31. The van der Waals surface area contributed by atoms with Crippen molar-refractivity contribution >= 4 is 23.4 Å². The molecule has 88 valence electrons. The molecule has 0 bridgehead atoms. The van der Waals surface area contributed by atoms with Crippen molar-refractivity contribution in [3.8, 4) is 0 Å². The number of hydrogen-bond donors (Lipinski definition) is 3. The summed E-state index contributed by atoms with van der Waals surface area (Å²) in [5.74, 6) is 4.87. The fourth-order valence-corrected chi connectivity index (χ4v) is 2.36. The Morgan fingerprint density at radius 2 is 2.25 bits per heavy atom. The number of nitrogen functional groups attached to an aromatic ring is 1. The number of hydrogen-bond acceptors (Lipinski definition) is 4. The molecule has 1 atom stereocenters. The van der Waals surface area contributed by atoms with Gasteiger partial charge in [0.1, 0.15) is 0 Å². The minimum atomic E-state index is -0.161. The van der Waals surface area contributed by atoms with Gasteiger partial charge in [-0.3, -0.25) is 10.2 Å². The zero-order valence-electron chi connectivity index (χ0n) is 9.49. The smallest absolute Gasteiger partial charge is 0.234 e. The number of nitrogens with two attached hydrogens (primary N) is 2. The molecule has 0 spiro atoms. The molecule has 5 heteroatoms. The highest BCUT2D eigenvalue weighted by Gasteiger charge is 2.11. The Hall–Kier alpha value is -1.20. The predicted octanol–water partition coefficient (Wildman–Crippen LogP) is 1.44. The average molecular weight is 239 g/mol. The summed E-state index contributed by atoms with van der Waals surface area (Å²) in [7, 11) is 0. The van der Waals surface area contributed by atoms with Gasteiger partial charge in [0.15, 0.2) is 0 Å². The highest BCUT2D eigenvalue weighted by Crippen LogP contribution is 2.30. The van der Waals surface area contributed by atoms with E-state index in [1.165, 1.54) is 0 Å². The Morgan fingerprint density at radius 1 is 1.56 bits per heavy atom. The van der Waals surface area contributed by atoms with E-state index in [4.69, 9.17) is 11.6 Å². The maximum atomic E-state index is 11.1. The molecule has 5 N–H and O–H groups in total. The third-order valence-corrected chi connectivity index (χ3v) is 3.32. The van der Waals surface area contributed by atoms with E-state index in [1.807, 2.05) is 32.0 Å². The van der Waals surface area contributed by atoms with E-state index in [-0.39, 0.29) is 11.2 Å². The second-order valence-electron chi connectivity index (χ2n) is 3.74. The van der Waals surface area contributed by atoms with Crippen LogP contribution in [0.5, 0.6) is 0 Å². The van der Waals surface area contributed by atoms with Crippen molar-refractivity contribution in [2.45, 2.75) is 30.4 Å². The fraction of sp³-hybridized carbons (Fsp3) is 0.364. The third kappa shape index (κ3) is 3.75. The Bertz CT molecular complexity index is 381. The molecule has 1 rings (SSSR count). The van der Waals surface area contributed by atoms with Gasteiger partial charge in [-0.15, -0.1) is 11.8 Å². The summed E-state index contributed by atoms with van der Waals surface area (Å²) in [4.78, 5) is 12.1. The maximum absolute atomic E-state index is 11.1. The number of thioether (sulfide) groups is 1. The van der Waals surface area contributed by atoms with Gasteiger partial charge >= 0.3 is 0 Å². The Balaban J connectivity index is 2.62. The Labute approximate surface area is 99.7 Å². The van der Waals surface area contributed by atoms with E-state index in [0.29, 0.717) is 6.42 Å². The number of carbonyl (C=O) groups is 1. The maximum Gasteiger partial charge on any atom is 0.234 e. The Kier molecular flexibility index (Phi) is 4.64. The van der Waals surface area contributed by atoms with E-state index in [0.717, 1.165) is 16.1 Å². The number of benzene rings is 1. The van der Waals surface area contributed by atoms with E-state index < -0.39 is 0 Å².